The summed E-state index contributed by atoms with van der Waals surface area (Å²) in [5.41, 5.74) is 3.41. The van der Waals surface area contributed by atoms with Crippen LogP contribution in [-0.2, 0) is 13.0 Å². The van der Waals surface area contributed by atoms with E-state index < -0.39 is 0 Å². The van der Waals surface area contributed by atoms with Crippen LogP contribution in [-0.4, -0.2) is 41.5 Å². The van der Waals surface area contributed by atoms with Gasteiger partial charge in [0.05, 0.1) is 6.04 Å². The fourth-order valence-electron chi connectivity index (χ4n) is 3.95. The molecule has 1 N–H and O–H groups in total. The maximum absolute atomic E-state index is 13.0. The normalized spacial score (nSPS) is 17.1. The molecule has 4 nitrogen and oxygen atoms in total. The van der Waals surface area contributed by atoms with Crippen molar-refractivity contribution in [3.8, 4) is 0 Å². The summed E-state index contributed by atoms with van der Waals surface area (Å²) in [6.45, 7) is 3.39. The highest BCUT2D eigenvalue weighted by Gasteiger charge is 2.30. The summed E-state index contributed by atoms with van der Waals surface area (Å²) in [5, 5.41) is 3.06. The van der Waals surface area contributed by atoms with E-state index in [-0.39, 0.29) is 12.1 Å². The van der Waals surface area contributed by atoms with Gasteiger partial charge in [0.25, 0.3) is 0 Å². The molecule has 0 saturated carbocycles. The Morgan fingerprint density at radius 3 is 2.03 bits per heavy atom. The van der Waals surface area contributed by atoms with E-state index in [1.54, 1.807) is 0 Å². The molecule has 1 aliphatic heterocycles. The number of urea groups is 1. The standard InChI is InChI=1S/C25H27N3O/c29-25(26-23-14-8-3-9-15-23)28-17-16-27(19-22-12-6-2-7-13-22)20-24(28)18-21-10-4-1-5-11-21/h1-15,24H,16-20H2,(H,26,29). The van der Waals surface area contributed by atoms with Gasteiger partial charge in [-0.25, -0.2) is 4.79 Å². The van der Waals surface area contributed by atoms with E-state index in [4.69, 9.17) is 0 Å². The van der Waals surface area contributed by atoms with Gasteiger partial charge in [-0.15, -0.1) is 0 Å². The number of hydrogen-bond acceptors (Lipinski definition) is 2. The minimum absolute atomic E-state index is 0.0171. The van der Waals surface area contributed by atoms with E-state index in [1.165, 1.54) is 11.1 Å². The van der Waals surface area contributed by atoms with Crippen molar-refractivity contribution in [3.63, 3.8) is 0 Å². The Morgan fingerprint density at radius 2 is 1.38 bits per heavy atom. The van der Waals surface area contributed by atoms with Gasteiger partial charge in [0.15, 0.2) is 0 Å². The van der Waals surface area contributed by atoms with Crippen molar-refractivity contribution < 1.29 is 4.79 Å². The molecule has 0 aromatic heterocycles. The highest BCUT2D eigenvalue weighted by atomic mass is 16.2. The van der Waals surface area contributed by atoms with Crippen molar-refractivity contribution in [2.24, 2.45) is 0 Å². The summed E-state index contributed by atoms with van der Waals surface area (Å²) in [5.74, 6) is 0. The number of carbonyl (C=O) groups is 1. The van der Waals surface area contributed by atoms with Gasteiger partial charge in [0.1, 0.15) is 0 Å². The first-order chi connectivity index (χ1) is 14.3. The zero-order chi connectivity index (χ0) is 19.9. The predicted octanol–water partition coefficient (Wildman–Crippen LogP) is 4.65. The molecule has 1 fully saturated rings. The number of piperazine rings is 1. The van der Waals surface area contributed by atoms with E-state index in [0.717, 1.165) is 38.3 Å². The molecule has 0 aliphatic carbocycles. The minimum atomic E-state index is -0.0171. The first-order valence-electron chi connectivity index (χ1n) is 10.2. The molecule has 2 amide bonds. The molecule has 1 heterocycles. The number of hydrogen-bond donors (Lipinski definition) is 1. The topological polar surface area (TPSA) is 35.6 Å². The number of nitrogens with zero attached hydrogens (tertiary/aromatic N) is 2. The molecule has 0 radical (unpaired) electrons. The number of anilines is 1. The van der Waals surface area contributed by atoms with Crippen LogP contribution in [0.15, 0.2) is 91.0 Å². The van der Waals surface area contributed by atoms with E-state index in [1.807, 2.05) is 47.4 Å². The molecule has 148 valence electrons. The Labute approximate surface area is 172 Å². The molecule has 3 aromatic rings. The summed E-state index contributed by atoms with van der Waals surface area (Å²) < 4.78 is 0. The molecule has 0 bridgehead atoms. The van der Waals surface area contributed by atoms with Gasteiger partial charge in [-0.2, -0.15) is 0 Å². The quantitative estimate of drug-likeness (QED) is 0.694. The van der Waals surface area contributed by atoms with Gasteiger partial charge in [-0.1, -0.05) is 78.9 Å². The van der Waals surface area contributed by atoms with Gasteiger partial charge in [0, 0.05) is 31.9 Å². The lowest BCUT2D eigenvalue weighted by Gasteiger charge is -2.41. The van der Waals surface area contributed by atoms with E-state index >= 15 is 0 Å². The minimum Gasteiger partial charge on any atom is -0.319 e. The molecule has 4 heteroatoms. The van der Waals surface area contributed by atoms with E-state index in [9.17, 15) is 4.79 Å². The Bertz CT molecular complexity index is 899. The van der Waals surface area contributed by atoms with E-state index in [2.05, 4.69) is 58.7 Å². The van der Waals surface area contributed by atoms with Crippen LogP contribution in [0.25, 0.3) is 0 Å². The largest absolute Gasteiger partial charge is 0.322 e. The number of benzene rings is 3. The first kappa shape index (κ1) is 19.2. The van der Waals surface area contributed by atoms with Gasteiger partial charge >= 0.3 is 6.03 Å². The van der Waals surface area contributed by atoms with Gasteiger partial charge in [-0.3, -0.25) is 4.90 Å². The highest BCUT2D eigenvalue weighted by Crippen LogP contribution is 2.19. The molecule has 1 saturated heterocycles. The van der Waals surface area contributed by atoms with Crippen LogP contribution >= 0.6 is 0 Å². The molecule has 1 unspecified atom stereocenters. The van der Waals surface area contributed by atoms with Gasteiger partial charge in [-0.05, 0) is 29.7 Å². The van der Waals surface area contributed by atoms with Crippen LogP contribution in [0.4, 0.5) is 10.5 Å². The zero-order valence-electron chi connectivity index (χ0n) is 16.6. The van der Waals surface area contributed by atoms with Crippen molar-refractivity contribution in [3.05, 3.63) is 102 Å². The SMILES string of the molecule is O=C(Nc1ccccc1)N1CCN(Cc2ccccc2)CC1Cc1ccccc1. The Morgan fingerprint density at radius 1 is 0.793 bits per heavy atom. The Balaban J connectivity index is 1.48. The second-order valence-electron chi connectivity index (χ2n) is 7.55. The maximum Gasteiger partial charge on any atom is 0.322 e. The number of amides is 2. The molecule has 3 aromatic carbocycles. The lowest BCUT2D eigenvalue weighted by molar-refractivity contribution is 0.0958. The summed E-state index contributed by atoms with van der Waals surface area (Å²) in [7, 11) is 0. The van der Waals surface area contributed by atoms with Gasteiger partial charge in [0.2, 0.25) is 0 Å². The predicted molar refractivity (Wildman–Crippen MR) is 118 cm³/mol. The van der Waals surface area contributed by atoms with Crippen molar-refractivity contribution in [2.75, 3.05) is 25.0 Å². The molecule has 29 heavy (non-hydrogen) atoms. The Kier molecular flexibility index (Phi) is 6.22. The summed E-state index contributed by atoms with van der Waals surface area (Å²) in [4.78, 5) is 17.5. The highest BCUT2D eigenvalue weighted by molar-refractivity contribution is 5.89. The van der Waals surface area contributed by atoms with Crippen molar-refractivity contribution in [1.29, 1.82) is 0 Å². The van der Waals surface area contributed by atoms with E-state index in [0.29, 0.717) is 0 Å². The third-order valence-corrected chi connectivity index (χ3v) is 5.42. The molecule has 0 spiro atoms. The van der Waals surface area contributed by atoms with Crippen LogP contribution in [0.5, 0.6) is 0 Å². The summed E-state index contributed by atoms with van der Waals surface area (Å²) >= 11 is 0. The Hall–Kier alpha value is -3.11. The lowest BCUT2D eigenvalue weighted by atomic mass is 10.0. The van der Waals surface area contributed by atoms with Crippen LogP contribution in [0.2, 0.25) is 0 Å². The third-order valence-electron chi connectivity index (χ3n) is 5.42. The van der Waals surface area contributed by atoms with Crippen LogP contribution < -0.4 is 5.32 Å². The smallest absolute Gasteiger partial charge is 0.319 e. The molecule has 1 aliphatic rings. The average molecular weight is 386 g/mol. The van der Waals surface area contributed by atoms with Crippen LogP contribution in [0, 0.1) is 0 Å². The van der Waals surface area contributed by atoms with Crippen molar-refractivity contribution in [1.82, 2.24) is 9.80 Å². The fraction of sp³-hybridized carbons (Fsp3) is 0.240. The molecular weight excluding hydrogens is 358 g/mol. The molecular formula is C25H27N3O. The second-order valence-corrected chi connectivity index (χ2v) is 7.55. The summed E-state index contributed by atoms with van der Waals surface area (Å²) in [6, 6.07) is 30.8. The van der Waals surface area contributed by atoms with Crippen LogP contribution in [0.1, 0.15) is 11.1 Å². The fourth-order valence-corrected chi connectivity index (χ4v) is 3.95. The number of nitrogens with one attached hydrogen (secondary N) is 1. The number of carbonyl (C=O) groups excluding carboxylic acids is 1. The lowest BCUT2D eigenvalue weighted by Crippen LogP contribution is -2.56. The maximum atomic E-state index is 13.0. The second kappa shape index (κ2) is 9.39. The number of rotatable bonds is 5. The number of para-hydroxylation sites is 1. The zero-order valence-corrected chi connectivity index (χ0v) is 16.6. The monoisotopic (exact) mass is 385 g/mol. The molecule has 1 atom stereocenters. The van der Waals surface area contributed by atoms with Gasteiger partial charge < -0.3 is 10.2 Å². The average Bonchev–Trinajstić information content (AvgIpc) is 2.76. The molecule has 4 rings (SSSR count). The first-order valence-corrected chi connectivity index (χ1v) is 10.2. The van der Waals surface area contributed by atoms with Crippen LogP contribution in [0.3, 0.4) is 0 Å². The summed E-state index contributed by atoms with van der Waals surface area (Å²) in [6.07, 6.45) is 0.855. The third kappa shape index (κ3) is 5.24. The van der Waals surface area contributed by atoms with Crippen molar-refractivity contribution in [2.45, 2.75) is 19.0 Å². The van der Waals surface area contributed by atoms with Crippen molar-refractivity contribution >= 4 is 11.7 Å².